The van der Waals surface area contributed by atoms with Crippen LogP contribution in [-0.2, 0) is 21.4 Å². The highest BCUT2D eigenvalue weighted by Crippen LogP contribution is 2.61. The number of esters is 1. The molecule has 3 heteroatoms. The van der Waals surface area contributed by atoms with Crippen molar-refractivity contribution in [3.63, 3.8) is 0 Å². The summed E-state index contributed by atoms with van der Waals surface area (Å²) in [7, 11) is 0. The van der Waals surface area contributed by atoms with E-state index in [0.29, 0.717) is 5.75 Å². The lowest BCUT2D eigenvalue weighted by molar-refractivity contribution is -0.148. The molecule has 0 aromatic heterocycles. The molecule has 1 N–H and O–H groups in total. The van der Waals surface area contributed by atoms with E-state index in [1.54, 1.807) is 0 Å². The lowest BCUT2D eigenvalue weighted by atomic mass is 9.50. The van der Waals surface area contributed by atoms with E-state index in [9.17, 15) is 9.90 Å². The van der Waals surface area contributed by atoms with Crippen LogP contribution in [0, 0.1) is 11.3 Å². The molecule has 4 rings (SSSR count). The number of phenolic OH excluding ortho intramolecular Hbond substituents is 1. The first kappa shape index (κ1) is 15.0. The summed E-state index contributed by atoms with van der Waals surface area (Å²) in [5, 5.41) is 10.5. The van der Waals surface area contributed by atoms with Crippen molar-refractivity contribution in [3.8, 4) is 5.75 Å². The Labute approximate surface area is 138 Å². The van der Waals surface area contributed by atoms with Gasteiger partial charge >= 0.3 is 5.97 Å². The van der Waals surface area contributed by atoms with Gasteiger partial charge in [0.2, 0.25) is 0 Å². The Balaban J connectivity index is 1.91. The summed E-state index contributed by atoms with van der Waals surface area (Å²) in [6, 6.07) is 4.13. The third-order valence-electron chi connectivity index (χ3n) is 6.77. The SMILES string of the molecule is CC(C)c1cc2c(cc1O)[C@@]1(C)CCC[C@]3(C)C(=O)O[C@H](C2)C31. The number of benzene rings is 1. The van der Waals surface area contributed by atoms with Crippen molar-refractivity contribution in [2.75, 3.05) is 0 Å². The summed E-state index contributed by atoms with van der Waals surface area (Å²) in [6.45, 7) is 8.56. The Morgan fingerprint density at radius 1 is 1.22 bits per heavy atom. The molecule has 0 spiro atoms. The first-order chi connectivity index (χ1) is 10.8. The lowest BCUT2D eigenvalue weighted by Crippen LogP contribution is -2.52. The van der Waals surface area contributed by atoms with Gasteiger partial charge in [0.1, 0.15) is 11.9 Å². The van der Waals surface area contributed by atoms with Gasteiger partial charge in [0.15, 0.2) is 0 Å². The molecule has 1 unspecified atom stereocenters. The third kappa shape index (κ3) is 1.79. The summed E-state index contributed by atoms with van der Waals surface area (Å²) in [5.41, 5.74) is 3.05. The van der Waals surface area contributed by atoms with Crippen LogP contribution in [0.2, 0.25) is 0 Å². The zero-order chi connectivity index (χ0) is 16.6. The summed E-state index contributed by atoms with van der Waals surface area (Å²) < 4.78 is 5.83. The largest absolute Gasteiger partial charge is 0.508 e. The van der Waals surface area contributed by atoms with Gasteiger partial charge in [0.25, 0.3) is 0 Å². The molecule has 1 saturated carbocycles. The maximum absolute atomic E-state index is 12.5. The van der Waals surface area contributed by atoms with Crippen LogP contribution in [0.25, 0.3) is 0 Å². The number of carbonyl (C=O) groups is 1. The van der Waals surface area contributed by atoms with Gasteiger partial charge in [-0.1, -0.05) is 33.3 Å². The number of phenols is 1. The first-order valence-electron chi connectivity index (χ1n) is 8.85. The molecule has 1 aromatic carbocycles. The molecular weight excluding hydrogens is 288 g/mol. The monoisotopic (exact) mass is 314 g/mol. The molecule has 0 bridgehead atoms. The molecule has 1 aromatic rings. The molecule has 4 atom stereocenters. The van der Waals surface area contributed by atoms with E-state index in [0.717, 1.165) is 31.2 Å². The standard InChI is InChI=1S/C20H26O3/c1-11(2)13-8-12-9-16-17-19(3,14(12)10-15(13)21)6-5-7-20(17,4)18(22)23-16/h8,10-11,16-17,21H,5-7,9H2,1-4H3/t16-,17?,19-,20+/m1/s1. The molecule has 3 nitrogen and oxygen atoms in total. The maximum atomic E-state index is 12.5. The Bertz CT molecular complexity index is 692. The Hall–Kier alpha value is -1.51. The van der Waals surface area contributed by atoms with Crippen molar-refractivity contribution in [2.45, 2.75) is 70.8 Å². The summed E-state index contributed by atoms with van der Waals surface area (Å²) >= 11 is 0. The number of rotatable bonds is 1. The number of hydrogen-bond donors (Lipinski definition) is 1. The number of ether oxygens (including phenoxy) is 1. The summed E-state index contributed by atoms with van der Waals surface area (Å²) in [4.78, 5) is 12.5. The quantitative estimate of drug-likeness (QED) is 0.795. The second-order valence-corrected chi connectivity index (χ2v) is 8.54. The van der Waals surface area contributed by atoms with E-state index < -0.39 is 0 Å². The zero-order valence-corrected chi connectivity index (χ0v) is 14.5. The van der Waals surface area contributed by atoms with Crippen LogP contribution in [0.4, 0.5) is 0 Å². The van der Waals surface area contributed by atoms with Crippen molar-refractivity contribution in [1.82, 2.24) is 0 Å². The number of hydrogen-bond acceptors (Lipinski definition) is 3. The van der Waals surface area contributed by atoms with Crippen molar-refractivity contribution < 1.29 is 14.6 Å². The molecule has 124 valence electrons. The van der Waals surface area contributed by atoms with Crippen molar-refractivity contribution in [1.29, 1.82) is 0 Å². The highest BCUT2D eigenvalue weighted by molar-refractivity contribution is 5.80. The Morgan fingerprint density at radius 2 is 1.91 bits per heavy atom. The molecule has 2 aliphatic carbocycles. The maximum Gasteiger partial charge on any atom is 0.312 e. The fourth-order valence-corrected chi connectivity index (χ4v) is 5.72. The van der Waals surface area contributed by atoms with E-state index in [1.807, 2.05) is 6.07 Å². The highest BCUT2D eigenvalue weighted by atomic mass is 16.6. The van der Waals surface area contributed by atoms with Crippen LogP contribution in [0.5, 0.6) is 5.75 Å². The fraction of sp³-hybridized carbons (Fsp3) is 0.650. The molecule has 2 fully saturated rings. The normalized spacial score (nSPS) is 38.2. The Kier molecular flexibility index (Phi) is 2.96. The number of carbonyl (C=O) groups excluding carboxylic acids is 1. The average molecular weight is 314 g/mol. The number of fused-ring (bicyclic) bond motifs is 2. The predicted octanol–water partition coefficient (Wildman–Crippen LogP) is 4.06. The van der Waals surface area contributed by atoms with Gasteiger partial charge in [-0.3, -0.25) is 4.79 Å². The number of aromatic hydroxyl groups is 1. The van der Waals surface area contributed by atoms with Gasteiger partial charge in [-0.15, -0.1) is 0 Å². The molecule has 1 aliphatic heterocycles. The second kappa shape index (κ2) is 4.52. The van der Waals surface area contributed by atoms with Crippen molar-refractivity contribution in [3.05, 3.63) is 28.8 Å². The van der Waals surface area contributed by atoms with Crippen LogP contribution in [-0.4, -0.2) is 17.2 Å². The van der Waals surface area contributed by atoms with Gasteiger partial charge in [0.05, 0.1) is 5.41 Å². The van der Waals surface area contributed by atoms with Crippen LogP contribution >= 0.6 is 0 Å². The lowest BCUT2D eigenvalue weighted by Gasteiger charge is -2.51. The molecule has 0 radical (unpaired) electrons. The minimum Gasteiger partial charge on any atom is -0.508 e. The van der Waals surface area contributed by atoms with E-state index in [1.165, 1.54) is 11.1 Å². The first-order valence-corrected chi connectivity index (χ1v) is 8.85. The van der Waals surface area contributed by atoms with Gasteiger partial charge in [0, 0.05) is 17.8 Å². The summed E-state index contributed by atoms with van der Waals surface area (Å²) in [5.74, 6) is 0.900. The predicted molar refractivity (Wildman–Crippen MR) is 88.6 cm³/mol. The van der Waals surface area contributed by atoms with Gasteiger partial charge in [-0.2, -0.15) is 0 Å². The molecule has 1 heterocycles. The highest BCUT2D eigenvalue weighted by Gasteiger charge is 2.64. The van der Waals surface area contributed by atoms with Gasteiger partial charge in [-0.25, -0.2) is 0 Å². The van der Waals surface area contributed by atoms with E-state index in [2.05, 4.69) is 33.8 Å². The van der Waals surface area contributed by atoms with Crippen LogP contribution in [0.3, 0.4) is 0 Å². The Morgan fingerprint density at radius 3 is 2.61 bits per heavy atom. The average Bonchev–Trinajstić information content (AvgIpc) is 2.72. The van der Waals surface area contributed by atoms with Crippen molar-refractivity contribution in [2.24, 2.45) is 11.3 Å². The van der Waals surface area contributed by atoms with Crippen molar-refractivity contribution >= 4 is 5.97 Å². The third-order valence-corrected chi connectivity index (χ3v) is 6.77. The second-order valence-electron chi connectivity index (χ2n) is 8.54. The van der Waals surface area contributed by atoms with Crippen LogP contribution < -0.4 is 0 Å². The molecule has 1 saturated heterocycles. The van der Waals surface area contributed by atoms with E-state index >= 15 is 0 Å². The molecule has 0 amide bonds. The molecular formula is C20H26O3. The minimum atomic E-state index is -0.359. The molecule has 23 heavy (non-hydrogen) atoms. The topological polar surface area (TPSA) is 46.5 Å². The van der Waals surface area contributed by atoms with Gasteiger partial charge < -0.3 is 9.84 Å². The minimum absolute atomic E-state index is 0.00476. The fourth-order valence-electron chi connectivity index (χ4n) is 5.72. The van der Waals surface area contributed by atoms with E-state index in [4.69, 9.17) is 4.74 Å². The zero-order valence-electron chi connectivity index (χ0n) is 14.5. The van der Waals surface area contributed by atoms with E-state index in [-0.39, 0.29) is 34.7 Å². The van der Waals surface area contributed by atoms with Gasteiger partial charge in [-0.05, 0) is 48.4 Å². The van der Waals surface area contributed by atoms with Crippen LogP contribution in [0.15, 0.2) is 12.1 Å². The summed E-state index contributed by atoms with van der Waals surface area (Å²) in [6.07, 6.45) is 3.81. The molecule has 3 aliphatic rings. The van der Waals surface area contributed by atoms with Crippen LogP contribution in [0.1, 0.15) is 69.6 Å². The smallest absolute Gasteiger partial charge is 0.312 e.